The zero-order valence-corrected chi connectivity index (χ0v) is 9.76. The molecule has 0 bridgehead atoms. The highest BCUT2D eigenvalue weighted by molar-refractivity contribution is 4.98. The van der Waals surface area contributed by atoms with Gasteiger partial charge in [0.25, 0.3) is 0 Å². The lowest BCUT2D eigenvalue weighted by atomic mass is 9.88. The van der Waals surface area contributed by atoms with Crippen LogP contribution >= 0.6 is 0 Å². The third kappa shape index (κ3) is 2.52. The van der Waals surface area contributed by atoms with Crippen molar-refractivity contribution in [1.29, 1.82) is 0 Å². The molecule has 0 aliphatic carbocycles. The third-order valence-corrected chi connectivity index (χ3v) is 3.63. The van der Waals surface area contributed by atoms with E-state index in [0.29, 0.717) is 6.04 Å². The zero-order valence-electron chi connectivity index (χ0n) is 9.76. The highest BCUT2D eigenvalue weighted by Crippen LogP contribution is 2.31. The van der Waals surface area contributed by atoms with Crippen molar-refractivity contribution < 1.29 is 9.47 Å². The van der Waals surface area contributed by atoms with Crippen molar-refractivity contribution in [3.05, 3.63) is 0 Å². The van der Waals surface area contributed by atoms with Crippen LogP contribution in [0.3, 0.4) is 0 Å². The fourth-order valence-electron chi connectivity index (χ4n) is 2.69. The van der Waals surface area contributed by atoms with E-state index in [2.05, 4.69) is 12.2 Å². The maximum Gasteiger partial charge on any atom is 0.109 e. The number of ether oxygens (including phenoxy) is 2. The van der Waals surface area contributed by atoms with Crippen LogP contribution in [0.2, 0.25) is 0 Å². The van der Waals surface area contributed by atoms with E-state index in [1.54, 1.807) is 0 Å². The molecule has 0 radical (unpaired) electrons. The Morgan fingerprint density at radius 2 is 2.27 bits per heavy atom. The van der Waals surface area contributed by atoms with Crippen molar-refractivity contribution in [2.75, 3.05) is 26.4 Å². The van der Waals surface area contributed by atoms with Gasteiger partial charge in [-0.25, -0.2) is 0 Å². The molecular formula is C12H23NO2. The van der Waals surface area contributed by atoms with Gasteiger partial charge in [-0.3, -0.25) is 0 Å². The van der Waals surface area contributed by atoms with Crippen LogP contribution in [0.25, 0.3) is 0 Å². The Labute approximate surface area is 92.5 Å². The number of hydrogen-bond donors (Lipinski definition) is 1. The summed E-state index contributed by atoms with van der Waals surface area (Å²) in [5, 5.41) is 3.61. The molecule has 0 aromatic rings. The molecule has 2 fully saturated rings. The van der Waals surface area contributed by atoms with Crippen LogP contribution < -0.4 is 5.32 Å². The van der Waals surface area contributed by atoms with Crippen LogP contribution in [0, 0.1) is 0 Å². The van der Waals surface area contributed by atoms with Crippen LogP contribution in [0.1, 0.15) is 39.0 Å². The fourth-order valence-corrected chi connectivity index (χ4v) is 2.69. The molecule has 2 atom stereocenters. The van der Waals surface area contributed by atoms with Gasteiger partial charge in [0.15, 0.2) is 0 Å². The topological polar surface area (TPSA) is 30.5 Å². The first-order chi connectivity index (χ1) is 7.37. The van der Waals surface area contributed by atoms with E-state index >= 15 is 0 Å². The molecule has 2 aliphatic heterocycles. The Balaban J connectivity index is 1.88. The molecule has 0 amide bonds. The minimum absolute atomic E-state index is 0.00594. The summed E-state index contributed by atoms with van der Waals surface area (Å²) < 4.78 is 11.5. The van der Waals surface area contributed by atoms with Gasteiger partial charge in [-0.2, -0.15) is 0 Å². The van der Waals surface area contributed by atoms with Crippen molar-refractivity contribution in [2.45, 2.75) is 50.7 Å². The SMILES string of the molecule is CCCCCC1NCCOC12CCOC2. The second-order valence-corrected chi connectivity index (χ2v) is 4.72. The van der Waals surface area contributed by atoms with Gasteiger partial charge in [0.1, 0.15) is 5.60 Å². The monoisotopic (exact) mass is 213 g/mol. The summed E-state index contributed by atoms with van der Waals surface area (Å²) in [7, 11) is 0. The Hall–Kier alpha value is -0.120. The predicted octanol–water partition coefficient (Wildman–Crippen LogP) is 1.71. The first kappa shape index (κ1) is 11.4. The number of morpholine rings is 1. The van der Waals surface area contributed by atoms with Gasteiger partial charge in [0.2, 0.25) is 0 Å². The Morgan fingerprint density at radius 1 is 1.33 bits per heavy atom. The lowest BCUT2D eigenvalue weighted by Crippen LogP contribution is -2.58. The summed E-state index contributed by atoms with van der Waals surface area (Å²) in [6, 6.07) is 0.514. The summed E-state index contributed by atoms with van der Waals surface area (Å²) in [6.45, 7) is 5.74. The number of rotatable bonds is 4. The maximum atomic E-state index is 5.98. The molecule has 0 aromatic carbocycles. The van der Waals surface area contributed by atoms with E-state index < -0.39 is 0 Å². The molecule has 2 unspecified atom stereocenters. The van der Waals surface area contributed by atoms with E-state index in [9.17, 15) is 0 Å². The minimum Gasteiger partial charge on any atom is -0.378 e. The van der Waals surface area contributed by atoms with Gasteiger partial charge < -0.3 is 14.8 Å². The number of nitrogens with one attached hydrogen (secondary N) is 1. The quantitative estimate of drug-likeness (QED) is 0.721. The summed E-state index contributed by atoms with van der Waals surface area (Å²) in [4.78, 5) is 0. The van der Waals surface area contributed by atoms with E-state index in [1.807, 2.05) is 0 Å². The lowest BCUT2D eigenvalue weighted by Gasteiger charge is -2.41. The molecule has 3 nitrogen and oxygen atoms in total. The van der Waals surface area contributed by atoms with Gasteiger partial charge in [-0.05, 0) is 6.42 Å². The summed E-state index contributed by atoms with van der Waals surface area (Å²) in [5.74, 6) is 0. The van der Waals surface area contributed by atoms with Crippen molar-refractivity contribution in [1.82, 2.24) is 5.32 Å². The van der Waals surface area contributed by atoms with Crippen molar-refractivity contribution in [2.24, 2.45) is 0 Å². The van der Waals surface area contributed by atoms with E-state index in [4.69, 9.17) is 9.47 Å². The van der Waals surface area contributed by atoms with Gasteiger partial charge >= 0.3 is 0 Å². The van der Waals surface area contributed by atoms with Crippen LogP contribution in [-0.2, 0) is 9.47 Å². The van der Waals surface area contributed by atoms with Crippen LogP contribution in [0.15, 0.2) is 0 Å². The first-order valence-electron chi connectivity index (χ1n) is 6.32. The van der Waals surface area contributed by atoms with E-state index in [0.717, 1.165) is 32.8 Å². The van der Waals surface area contributed by atoms with Gasteiger partial charge in [-0.15, -0.1) is 0 Å². The van der Waals surface area contributed by atoms with Gasteiger partial charge in [0, 0.05) is 25.6 Å². The molecule has 2 heterocycles. The standard InChI is InChI=1S/C12H23NO2/c1-2-3-4-5-11-12(6-8-14-10-12)15-9-7-13-11/h11,13H,2-10H2,1H3. The third-order valence-electron chi connectivity index (χ3n) is 3.63. The molecule has 1 N–H and O–H groups in total. The van der Waals surface area contributed by atoms with Crippen molar-refractivity contribution >= 4 is 0 Å². The second-order valence-electron chi connectivity index (χ2n) is 4.72. The molecule has 88 valence electrons. The highest BCUT2D eigenvalue weighted by atomic mass is 16.6. The maximum absolute atomic E-state index is 5.98. The Morgan fingerprint density at radius 3 is 3.00 bits per heavy atom. The summed E-state index contributed by atoms with van der Waals surface area (Å²) in [6.07, 6.45) is 6.22. The van der Waals surface area contributed by atoms with Crippen molar-refractivity contribution in [3.63, 3.8) is 0 Å². The van der Waals surface area contributed by atoms with E-state index in [1.165, 1.54) is 25.7 Å². The molecule has 0 saturated carbocycles. The molecule has 2 aliphatic rings. The molecule has 1 spiro atoms. The number of hydrogen-bond acceptors (Lipinski definition) is 3. The number of unbranched alkanes of at least 4 members (excludes halogenated alkanes) is 2. The summed E-state index contributed by atoms with van der Waals surface area (Å²) >= 11 is 0. The molecule has 0 aromatic heterocycles. The van der Waals surface area contributed by atoms with Crippen LogP contribution in [0.4, 0.5) is 0 Å². The fraction of sp³-hybridized carbons (Fsp3) is 1.00. The second kappa shape index (κ2) is 5.28. The average Bonchev–Trinajstić information content (AvgIpc) is 2.71. The lowest BCUT2D eigenvalue weighted by molar-refractivity contribution is -0.0994. The average molecular weight is 213 g/mol. The smallest absolute Gasteiger partial charge is 0.109 e. The van der Waals surface area contributed by atoms with Crippen LogP contribution in [0.5, 0.6) is 0 Å². The van der Waals surface area contributed by atoms with Crippen LogP contribution in [-0.4, -0.2) is 38.0 Å². The normalized spacial score (nSPS) is 36.2. The largest absolute Gasteiger partial charge is 0.378 e. The highest BCUT2D eigenvalue weighted by Gasteiger charge is 2.44. The van der Waals surface area contributed by atoms with E-state index in [-0.39, 0.29) is 5.60 Å². The Bertz CT molecular complexity index is 190. The van der Waals surface area contributed by atoms with Gasteiger partial charge in [-0.1, -0.05) is 26.2 Å². The van der Waals surface area contributed by atoms with Gasteiger partial charge in [0.05, 0.1) is 13.2 Å². The minimum atomic E-state index is 0.00594. The molecule has 3 heteroatoms. The molecule has 2 rings (SSSR count). The molecule has 2 saturated heterocycles. The molecule has 15 heavy (non-hydrogen) atoms. The van der Waals surface area contributed by atoms with Crippen molar-refractivity contribution in [3.8, 4) is 0 Å². The predicted molar refractivity (Wildman–Crippen MR) is 60.1 cm³/mol. The first-order valence-corrected chi connectivity index (χ1v) is 6.32. The zero-order chi connectivity index (χ0) is 10.6. The molecular weight excluding hydrogens is 190 g/mol. The Kier molecular flexibility index (Phi) is 4.00. The summed E-state index contributed by atoms with van der Waals surface area (Å²) in [5.41, 5.74) is 0.00594.